The van der Waals surface area contributed by atoms with E-state index >= 15 is 4.39 Å². The van der Waals surface area contributed by atoms with Crippen LogP contribution in [-0.2, 0) is 4.79 Å². The van der Waals surface area contributed by atoms with Crippen LogP contribution in [0, 0.1) is 24.1 Å². The second kappa shape index (κ2) is 12.3. The summed E-state index contributed by atoms with van der Waals surface area (Å²) in [6, 6.07) is 6.78. The number of nitrogens with zero attached hydrogens (tertiary/aromatic N) is 8. The van der Waals surface area contributed by atoms with E-state index in [1.807, 2.05) is 30.0 Å². The first kappa shape index (κ1) is 30.2. The molecule has 0 saturated carbocycles. The fraction of sp³-hybridized carbons (Fsp3) is 0.375. The zero-order valence-corrected chi connectivity index (χ0v) is 24.9. The molecule has 1 amide bonds. The monoisotopic (exact) mass is 616 g/mol. The highest BCUT2D eigenvalue weighted by Crippen LogP contribution is 2.36. The van der Waals surface area contributed by atoms with Gasteiger partial charge in [-0.25, -0.2) is 13.2 Å². The van der Waals surface area contributed by atoms with E-state index < -0.39 is 29.8 Å². The number of rotatable bonds is 7. The third-order valence-electron chi connectivity index (χ3n) is 8.53. The van der Waals surface area contributed by atoms with Crippen molar-refractivity contribution in [3.8, 4) is 23.3 Å². The van der Waals surface area contributed by atoms with Gasteiger partial charge in [-0.15, -0.1) is 0 Å². The summed E-state index contributed by atoms with van der Waals surface area (Å²) in [5, 5.41) is 11.4. The van der Waals surface area contributed by atoms with Gasteiger partial charge in [-0.05, 0) is 31.3 Å². The minimum atomic E-state index is -1.11. The molecule has 0 bridgehead atoms. The van der Waals surface area contributed by atoms with Gasteiger partial charge in [0.05, 0.1) is 23.9 Å². The number of ether oxygens (including phenoxy) is 1. The number of likely N-dealkylation sites (N-methyl/N-ethyl adjacent to an activating group) is 1. The fourth-order valence-electron chi connectivity index (χ4n) is 6.25. The topological polar surface area (TPSA) is 111 Å². The fourth-order valence-corrected chi connectivity index (χ4v) is 6.25. The lowest BCUT2D eigenvalue weighted by Crippen LogP contribution is -2.55. The van der Waals surface area contributed by atoms with Crippen molar-refractivity contribution < 1.29 is 22.7 Å². The number of carbonyl (C=O) groups excluding carboxylic acids is 1. The van der Waals surface area contributed by atoms with Gasteiger partial charge in [-0.1, -0.05) is 24.8 Å². The lowest BCUT2D eigenvalue weighted by Gasteiger charge is -2.41. The first-order valence-electron chi connectivity index (χ1n) is 14.6. The second-order valence-electron chi connectivity index (χ2n) is 11.5. The third-order valence-corrected chi connectivity index (χ3v) is 8.53. The molecular formula is C32H31F3N8O2. The van der Waals surface area contributed by atoms with Crippen LogP contribution in [0.3, 0.4) is 0 Å². The van der Waals surface area contributed by atoms with Crippen molar-refractivity contribution >= 4 is 33.4 Å². The van der Waals surface area contributed by atoms with Crippen molar-refractivity contribution in [2.75, 3.05) is 44.7 Å². The Morgan fingerprint density at radius 2 is 2.00 bits per heavy atom. The number of halogens is 3. The number of hydrogen-bond donors (Lipinski definition) is 0. The van der Waals surface area contributed by atoms with Crippen molar-refractivity contribution in [3.63, 3.8) is 0 Å². The maximum Gasteiger partial charge on any atom is 0.319 e. The summed E-state index contributed by atoms with van der Waals surface area (Å²) in [5.41, 5.74) is 1.45. The quantitative estimate of drug-likeness (QED) is 0.277. The average Bonchev–Trinajstić information content (AvgIpc) is 3.36. The number of benzene rings is 1. The molecule has 0 N–H and O–H groups in total. The van der Waals surface area contributed by atoms with E-state index in [0.717, 1.165) is 16.3 Å². The predicted octanol–water partition coefficient (Wildman–Crippen LogP) is 4.52. The molecule has 2 saturated heterocycles. The SMILES string of the molecule is C=C(F)C(=O)N1CCN(c2nc(OC[C@@H]3C[C@@H](F)CN3C)nc3c(F)c(-c4cncc5cccc(C)c45)ncc23)C[C@@H]1CC#N. The maximum atomic E-state index is 16.6. The van der Waals surface area contributed by atoms with Crippen LogP contribution >= 0.6 is 0 Å². The van der Waals surface area contributed by atoms with Crippen LogP contribution in [0.15, 0.2) is 49.2 Å². The highest BCUT2D eigenvalue weighted by molar-refractivity contribution is 6.00. The van der Waals surface area contributed by atoms with Gasteiger partial charge in [-0.2, -0.15) is 15.2 Å². The summed E-state index contributed by atoms with van der Waals surface area (Å²) in [6.07, 6.45) is 4.01. The zero-order valence-electron chi connectivity index (χ0n) is 24.9. The first-order valence-corrected chi connectivity index (χ1v) is 14.6. The van der Waals surface area contributed by atoms with Crippen LogP contribution in [0.1, 0.15) is 18.4 Å². The van der Waals surface area contributed by atoms with Gasteiger partial charge in [-0.3, -0.25) is 19.7 Å². The van der Waals surface area contributed by atoms with Crippen LogP contribution in [0.25, 0.3) is 32.9 Å². The van der Waals surface area contributed by atoms with Gasteiger partial charge in [0.1, 0.15) is 29.8 Å². The second-order valence-corrected chi connectivity index (χ2v) is 11.5. The molecule has 6 rings (SSSR count). The summed E-state index contributed by atoms with van der Waals surface area (Å²) in [4.78, 5) is 35.3. The minimum Gasteiger partial charge on any atom is -0.462 e. The molecule has 1 aromatic carbocycles. The van der Waals surface area contributed by atoms with Crippen LogP contribution in [0.5, 0.6) is 6.01 Å². The number of piperazine rings is 1. The Kier molecular flexibility index (Phi) is 8.24. The summed E-state index contributed by atoms with van der Waals surface area (Å²) in [5.74, 6) is -2.40. The van der Waals surface area contributed by atoms with Crippen LogP contribution < -0.4 is 9.64 Å². The largest absolute Gasteiger partial charge is 0.462 e. The van der Waals surface area contributed by atoms with Crippen molar-refractivity contribution in [3.05, 3.63) is 60.6 Å². The van der Waals surface area contributed by atoms with Gasteiger partial charge < -0.3 is 14.5 Å². The number of likely N-dealkylation sites (tertiary alicyclic amines) is 1. The molecule has 3 aromatic heterocycles. The summed E-state index contributed by atoms with van der Waals surface area (Å²) in [7, 11) is 1.81. The number of aromatic nitrogens is 4. The number of alkyl halides is 1. The molecule has 45 heavy (non-hydrogen) atoms. The minimum absolute atomic E-state index is 0.0405. The summed E-state index contributed by atoms with van der Waals surface area (Å²) >= 11 is 0. The van der Waals surface area contributed by atoms with Gasteiger partial charge >= 0.3 is 6.01 Å². The first-order chi connectivity index (χ1) is 21.7. The van der Waals surface area contributed by atoms with Crippen molar-refractivity contribution in [2.45, 2.75) is 38.0 Å². The Balaban J connectivity index is 1.45. The summed E-state index contributed by atoms with van der Waals surface area (Å²) < 4.78 is 50.4. The van der Waals surface area contributed by atoms with E-state index in [4.69, 9.17) is 4.74 Å². The van der Waals surface area contributed by atoms with Crippen LogP contribution in [0.2, 0.25) is 0 Å². The van der Waals surface area contributed by atoms with Crippen molar-refractivity contribution in [1.82, 2.24) is 29.7 Å². The molecule has 10 nitrogen and oxygen atoms in total. The molecule has 4 aromatic rings. The molecule has 2 aliphatic rings. The number of hydrogen-bond acceptors (Lipinski definition) is 9. The maximum absolute atomic E-state index is 16.6. The smallest absolute Gasteiger partial charge is 0.319 e. The molecule has 5 heterocycles. The standard InChI is InChI=1S/C32H31F3N8O2/c1-18-5-4-6-20-12-37-13-24(26(18)20)28-27(35)29-25(14-38-28)30(40-32(39-29)45-17-23-11-21(34)15-41(23)3)42-9-10-43(31(44)19(2)33)22(16-42)7-8-36/h4-6,12-14,21-23H,2,7,9-11,15-17H2,1,3H3/t21-,22+,23+/m1/s1. The van der Waals surface area contributed by atoms with E-state index in [9.17, 15) is 18.8 Å². The van der Waals surface area contributed by atoms with E-state index in [-0.39, 0.29) is 68.3 Å². The number of nitriles is 1. The third kappa shape index (κ3) is 5.73. The van der Waals surface area contributed by atoms with Crippen LogP contribution in [-0.4, -0.2) is 93.7 Å². The van der Waals surface area contributed by atoms with Crippen molar-refractivity contribution in [1.29, 1.82) is 5.26 Å². The van der Waals surface area contributed by atoms with Crippen molar-refractivity contribution in [2.24, 2.45) is 0 Å². The Hall–Kier alpha value is -4.83. The number of pyridine rings is 2. The molecule has 13 heteroatoms. The van der Waals surface area contributed by atoms with Gasteiger partial charge in [0, 0.05) is 61.8 Å². The molecule has 0 aliphatic carbocycles. The van der Waals surface area contributed by atoms with E-state index in [0.29, 0.717) is 17.4 Å². The Morgan fingerprint density at radius 1 is 1.18 bits per heavy atom. The number of fused-ring (bicyclic) bond motifs is 2. The zero-order chi connectivity index (χ0) is 31.8. The normalized spacial score (nSPS) is 20.5. The molecule has 2 fully saturated rings. The lowest BCUT2D eigenvalue weighted by molar-refractivity contribution is -0.131. The molecule has 0 unspecified atom stereocenters. The Morgan fingerprint density at radius 3 is 2.73 bits per heavy atom. The van der Waals surface area contributed by atoms with E-state index in [1.54, 1.807) is 24.3 Å². The molecule has 0 spiro atoms. The number of carbonyl (C=O) groups is 1. The highest BCUT2D eigenvalue weighted by atomic mass is 19.1. The molecule has 3 atom stereocenters. The Bertz CT molecular complexity index is 1840. The Labute approximate surface area is 257 Å². The number of anilines is 1. The molecule has 2 aliphatic heterocycles. The predicted molar refractivity (Wildman–Crippen MR) is 162 cm³/mol. The van der Waals surface area contributed by atoms with E-state index in [2.05, 4.69) is 32.6 Å². The number of aryl methyl sites for hydroxylation is 1. The van der Waals surface area contributed by atoms with Gasteiger partial charge in [0.2, 0.25) is 0 Å². The average molecular weight is 617 g/mol. The van der Waals surface area contributed by atoms with E-state index in [1.165, 1.54) is 11.1 Å². The molecule has 0 radical (unpaired) electrons. The van der Waals surface area contributed by atoms with Gasteiger partial charge in [0.15, 0.2) is 11.6 Å². The molecular weight excluding hydrogens is 585 g/mol. The highest BCUT2D eigenvalue weighted by Gasteiger charge is 2.34. The number of amides is 1. The molecule has 232 valence electrons. The summed E-state index contributed by atoms with van der Waals surface area (Å²) in [6.45, 7) is 5.82. The van der Waals surface area contributed by atoms with Gasteiger partial charge in [0.25, 0.3) is 5.91 Å². The lowest BCUT2D eigenvalue weighted by atomic mass is 10.00. The van der Waals surface area contributed by atoms with Crippen LogP contribution in [0.4, 0.5) is 19.0 Å².